The molecule has 0 saturated heterocycles. The summed E-state index contributed by atoms with van der Waals surface area (Å²) in [6, 6.07) is 0. The molecule has 0 bridgehead atoms. The first-order valence-corrected chi connectivity index (χ1v) is 5.61. The van der Waals surface area contributed by atoms with E-state index in [1.54, 1.807) is 0 Å². The van der Waals surface area contributed by atoms with E-state index in [0.29, 0.717) is 0 Å². The minimum absolute atomic E-state index is 0.0765. The zero-order valence-electron chi connectivity index (χ0n) is 8.41. The standard InChI is InChI=1S/C8H11NO6S/c1-5-8(15-16(12,13)14)7(4-11)6(3-10)2-9-5/h2,10-11H,3-4H2,1H3,(H,12,13,14). The Hall–Kier alpha value is -1.22. The van der Waals surface area contributed by atoms with Crippen molar-refractivity contribution in [2.75, 3.05) is 0 Å². The van der Waals surface area contributed by atoms with Gasteiger partial charge in [-0.15, -0.1) is 0 Å². The van der Waals surface area contributed by atoms with Crippen LogP contribution in [-0.4, -0.2) is 28.2 Å². The minimum atomic E-state index is -4.69. The minimum Gasteiger partial charge on any atom is -0.392 e. The average molecular weight is 249 g/mol. The molecule has 0 radical (unpaired) electrons. The molecule has 0 amide bonds. The van der Waals surface area contributed by atoms with Gasteiger partial charge in [-0.2, -0.15) is 8.42 Å². The Kier molecular flexibility index (Phi) is 3.81. The first-order chi connectivity index (χ1) is 7.39. The molecule has 8 heteroatoms. The monoisotopic (exact) mass is 249 g/mol. The van der Waals surface area contributed by atoms with E-state index < -0.39 is 23.6 Å². The maximum Gasteiger partial charge on any atom is 0.446 e. The van der Waals surface area contributed by atoms with Crippen LogP contribution >= 0.6 is 0 Å². The molecule has 0 unspecified atom stereocenters. The average Bonchev–Trinajstić information content (AvgIpc) is 2.19. The predicted molar refractivity (Wildman–Crippen MR) is 53.0 cm³/mol. The predicted octanol–water partition coefficient (Wildman–Crippen LogP) is -0.444. The summed E-state index contributed by atoms with van der Waals surface area (Å²) in [5, 5.41) is 18.0. The van der Waals surface area contributed by atoms with Crippen LogP contribution in [0.3, 0.4) is 0 Å². The molecule has 1 aromatic rings. The third-order valence-corrected chi connectivity index (χ3v) is 2.30. The summed E-state index contributed by atoms with van der Waals surface area (Å²) in [7, 11) is -4.69. The highest BCUT2D eigenvalue weighted by molar-refractivity contribution is 7.81. The second-order valence-corrected chi connectivity index (χ2v) is 4.03. The Balaban J connectivity index is 3.34. The SMILES string of the molecule is Cc1ncc(CO)c(CO)c1OS(=O)(=O)O. The third-order valence-electron chi connectivity index (χ3n) is 1.92. The Morgan fingerprint density at radius 1 is 1.38 bits per heavy atom. The molecule has 0 aliphatic rings. The Morgan fingerprint density at radius 2 is 2.00 bits per heavy atom. The van der Waals surface area contributed by atoms with Crippen LogP contribution in [0, 0.1) is 6.92 Å². The van der Waals surface area contributed by atoms with Gasteiger partial charge < -0.3 is 14.4 Å². The summed E-state index contributed by atoms with van der Waals surface area (Å²) in [4.78, 5) is 3.77. The normalized spacial score (nSPS) is 11.5. The van der Waals surface area contributed by atoms with Gasteiger partial charge in [-0.25, -0.2) is 0 Å². The lowest BCUT2D eigenvalue weighted by molar-refractivity contribution is 0.255. The van der Waals surface area contributed by atoms with E-state index in [2.05, 4.69) is 9.17 Å². The molecule has 0 aliphatic heterocycles. The van der Waals surface area contributed by atoms with E-state index in [-0.39, 0.29) is 22.6 Å². The number of aryl methyl sites for hydroxylation is 1. The molecule has 0 atom stereocenters. The van der Waals surface area contributed by atoms with Crippen LogP contribution in [0.5, 0.6) is 5.75 Å². The molecule has 0 saturated carbocycles. The summed E-state index contributed by atoms with van der Waals surface area (Å²) in [6.45, 7) is 0.482. The molecule has 3 N–H and O–H groups in total. The molecular formula is C8H11NO6S. The van der Waals surface area contributed by atoms with Crippen molar-refractivity contribution in [3.8, 4) is 5.75 Å². The largest absolute Gasteiger partial charge is 0.446 e. The second-order valence-electron chi connectivity index (χ2n) is 3.00. The van der Waals surface area contributed by atoms with Crippen LogP contribution in [0.4, 0.5) is 0 Å². The quantitative estimate of drug-likeness (QED) is 0.619. The Bertz CT molecular complexity index is 484. The highest BCUT2D eigenvalue weighted by Crippen LogP contribution is 2.26. The van der Waals surface area contributed by atoms with Gasteiger partial charge in [0.15, 0.2) is 5.75 Å². The number of aromatic nitrogens is 1. The first kappa shape index (κ1) is 12.8. The fraction of sp³-hybridized carbons (Fsp3) is 0.375. The van der Waals surface area contributed by atoms with E-state index in [1.807, 2.05) is 0 Å². The lowest BCUT2D eigenvalue weighted by atomic mass is 10.1. The number of pyridine rings is 1. The molecule has 0 spiro atoms. The van der Waals surface area contributed by atoms with E-state index >= 15 is 0 Å². The molecule has 90 valence electrons. The summed E-state index contributed by atoms with van der Waals surface area (Å²) < 4.78 is 34.0. The number of nitrogens with zero attached hydrogens (tertiary/aromatic N) is 1. The van der Waals surface area contributed by atoms with Crippen molar-refractivity contribution in [2.24, 2.45) is 0 Å². The van der Waals surface area contributed by atoms with Crippen LogP contribution in [-0.2, 0) is 23.6 Å². The number of hydrogen-bond donors (Lipinski definition) is 3. The summed E-state index contributed by atoms with van der Waals surface area (Å²) in [6.07, 6.45) is 1.29. The lowest BCUT2D eigenvalue weighted by Crippen LogP contribution is -2.12. The fourth-order valence-electron chi connectivity index (χ4n) is 1.20. The summed E-state index contributed by atoms with van der Waals surface area (Å²) >= 11 is 0. The van der Waals surface area contributed by atoms with Crippen LogP contribution in [0.2, 0.25) is 0 Å². The number of rotatable bonds is 4. The highest BCUT2D eigenvalue weighted by Gasteiger charge is 2.17. The molecule has 7 nitrogen and oxygen atoms in total. The Labute approximate surface area is 92.3 Å². The van der Waals surface area contributed by atoms with Crippen molar-refractivity contribution >= 4 is 10.4 Å². The van der Waals surface area contributed by atoms with Gasteiger partial charge in [-0.05, 0) is 6.92 Å². The van der Waals surface area contributed by atoms with Crippen molar-refractivity contribution in [1.29, 1.82) is 0 Å². The van der Waals surface area contributed by atoms with Gasteiger partial charge in [0.25, 0.3) is 0 Å². The number of hydrogen-bond acceptors (Lipinski definition) is 6. The van der Waals surface area contributed by atoms with E-state index in [1.165, 1.54) is 13.1 Å². The van der Waals surface area contributed by atoms with Gasteiger partial charge in [0, 0.05) is 17.3 Å². The lowest BCUT2D eigenvalue weighted by Gasteiger charge is -2.12. The van der Waals surface area contributed by atoms with Crippen LogP contribution in [0.25, 0.3) is 0 Å². The molecular weight excluding hydrogens is 238 g/mol. The number of aliphatic hydroxyl groups excluding tert-OH is 2. The number of aliphatic hydroxyl groups is 2. The van der Waals surface area contributed by atoms with E-state index in [0.717, 1.165) is 0 Å². The van der Waals surface area contributed by atoms with Gasteiger partial charge in [-0.1, -0.05) is 0 Å². The zero-order chi connectivity index (χ0) is 12.3. The third kappa shape index (κ3) is 2.89. The van der Waals surface area contributed by atoms with Gasteiger partial charge in [0.2, 0.25) is 0 Å². The molecule has 0 fully saturated rings. The molecule has 1 heterocycles. The second kappa shape index (κ2) is 4.74. The van der Waals surface area contributed by atoms with Crippen molar-refractivity contribution in [2.45, 2.75) is 20.1 Å². The van der Waals surface area contributed by atoms with E-state index in [4.69, 9.17) is 14.8 Å². The topological polar surface area (TPSA) is 117 Å². The van der Waals surface area contributed by atoms with E-state index in [9.17, 15) is 8.42 Å². The van der Waals surface area contributed by atoms with Crippen LogP contribution < -0.4 is 4.18 Å². The van der Waals surface area contributed by atoms with Gasteiger partial charge >= 0.3 is 10.4 Å². The summed E-state index contributed by atoms with van der Waals surface area (Å²) in [5.74, 6) is -0.267. The smallest absolute Gasteiger partial charge is 0.392 e. The van der Waals surface area contributed by atoms with Crippen molar-refractivity contribution in [3.05, 3.63) is 23.0 Å². The summed E-state index contributed by atoms with van der Waals surface area (Å²) in [5.41, 5.74) is 0.484. The van der Waals surface area contributed by atoms with Gasteiger partial charge in [0.1, 0.15) is 0 Å². The Morgan fingerprint density at radius 3 is 2.44 bits per heavy atom. The molecule has 0 aromatic carbocycles. The van der Waals surface area contributed by atoms with Crippen LogP contribution in [0.15, 0.2) is 6.20 Å². The zero-order valence-corrected chi connectivity index (χ0v) is 9.23. The molecule has 16 heavy (non-hydrogen) atoms. The molecule has 1 aromatic heterocycles. The molecule has 1 rings (SSSR count). The maximum absolute atomic E-state index is 10.6. The maximum atomic E-state index is 10.6. The van der Waals surface area contributed by atoms with Crippen molar-refractivity contribution in [3.63, 3.8) is 0 Å². The van der Waals surface area contributed by atoms with Crippen molar-refractivity contribution in [1.82, 2.24) is 4.98 Å². The first-order valence-electron chi connectivity index (χ1n) is 4.25. The van der Waals surface area contributed by atoms with Gasteiger partial charge in [0.05, 0.1) is 18.9 Å². The van der Waals surface area contributed by atoms with Crippen LogP contribution in [0.1, 0.15) is 16.8 Å². The molecule has 0 aliphatic carbocycles. The highest BCUT2D eigenvalue weighted by atomic mass is 32.3. The van der Waals surface area contributed by atoms with Gasteiger partial charge in [-0.3, -0.25) is 9.54 Å². The van der Waals surface area contributed by atoms with Crippen molar-refractivity contribution < 1.29 is 27.4 Å². The fourth-order valence-corrected chi connectivity index (χ4v) is 1.63.